The molecule has 7 rings (SSSR count). The molecule has 38 heavy (non-hydrogen) atoms. The molecule has 2 atom stereocenters. The number of aromatic nitrogens is 2. The number of ether oxygens (including phenoxy) is 1. The molecule has 3 aliphatic rings. The van der Waals surface area contributed by atoms with Crippen LogP contribution in [0.1, 0.15) is 33.2 Å². The van der Waals surface area contributed by atoms with Crippen molar-refractivity contribution in [2.45, 2.75) is 22.9 Å². The zero-order chi connectivity index (χ0) is 26.3. The van der Waals surface area contributed by atoms with Gasteiger partial charge in [0, 0.05) is 53.7 Å². The van der Waals surface area contributed by atoms with Gasteiger partial charge in [0.25, 0.3) is 5.91 Å². The van der Waals surface area contributed by atoms with Crippen LogP contribution in [0.5, 0.6) is 5.75 Å². The number of nitrogens with zero attached hydrogens (tertiary/aromatic N) is 4. The maximum atomic E-state index is 15.4. The quantitative estimate of drug-likeness (QED) is 0.402. The van der Waals surface area contributed by atoms with E-state index in [1.165, 1.54) is 28.7 Å². The van der Waals surface area contributed by atoms with E-state index in [4.69, 9.17) is 4.74 Å². The third-order valence-corrected chi connectivity index (χ3v) is 8.80. The molecule has 0 bridgehead atoms. The van der Waals surface area contributed by atoms with Crippen LogP contribution < -0.4 is 10.4 Å². The maximum Gasteiger partial charge on any atom is 0.278 e. The van der Waals surface area contributed by atoms with Crippen LogP contribution in [0, 0.1) is 11.6 Å². The van der Waals surface area contributed by atoms with Crippen molar-refractivity contribution in [1.29, 1.82) is 0 Å². The molecule has 0 aliphatic carbocycles. The summed E-state index contributed by atoms with van der Waals surface area (Å²) in [5.41, 5.74) is 1.71. The topological polar surface area (TPSA) is 79.9 Å². The molecule has 11 heteroatoms. The third-order valence-electron chi connectivity index (χ3n) is 7.65. The predicted molar refractivity (Wildman–Crippen MR) is 137 cm³/mol. The summed E-state index contributed by atoms with van der Waals surface area (Å²) in [4.78, 5) is 28.4. The van der Waals surface area contributed by atoms with E-state index < -0.39 is 40.9 Å². The summed E-state index contributed by atoms with van der Waals surface area (Å²) in [5.74, 6) is -2.79. The molecule has 1 amide bonds. The van der Waals surface area contributed by atoms with Gasteiger partial charge in [0.15, 0.2) is 23.1 Å². The minimum atomic E-state index is -0.934. The van der Waals surface area contributed by atoms with Gasteiger partial charge in [-0.3, -0.25) is 19.3 Å². The Kier molecular flexibility index (Phi) is 5.11. The monoisotopic (exact) mass is 536 g/mol. The zero-order valence-electron chi connectivity index (χ0n) is 20.2. The van der Waals surface area contributed by atoms with E-state index in [2.05, 4.69) is 0 Å². The first-order chi connectivity index (χ1) is 18.4. The van der Waals surface area contributed by atoms with Crippen molar-refractivity contribution in [2.75, 3.05) is 24.8 Å². The highest BCUT2D eigenvalue weighted by molar-refractivity contribution is 7.98. The zero-order valence-corrected chi connectivity index (χ0v) is 21.0. The molecule has 1 fully saturated rings. The molecule has 5 heterocycles. The summed E-state index contributed by atoms with van der Waals surface area (Å²) in [7, 11) is 1.94. The van der Waals surface area contributed by atoms with Crippen molar-refractivity contribution in [2.24, 2.45) is 7.05 Å². The Morgan fingerprint density at radius 2 is 1.87 bits per heavy atom. The smallest absolute Gasteiger partial charge is 0.278 e. The van der Waals surface area contributed by atoms with Gasteiger partial charge in [-0.2, -0.15) is 0 Å². The van der Waals surface area contributed by atoms with Crippen LogP contribution in [0.3, 0.4) is 0 Å². The molecule has 4 aromatic rings. The van der Waals surface area contributed by atoms with Gasteiger partial charge >= 0.3 is 0 Å². The summed E-state index contributed by atoms with van der Waals surface area (Å²) in [6.45, 7) is 0.701. The number of rotatable bonds is 1. The van der Waals surface area contributed by atoms with Crippen LogP contribution in [0.25, 0.3) is 10.9 Å². The fraction of sp³-hybridized carbons (Fsp3) is 0.259. The molecule has 0 unspecified atom stereocenters. The van der Waals surface area contributed by atoms with Gasteiger partial charge in [0.2, 0.25) is 5.43 Å². The Morgan fingerprint density at radius 1 is 1.05 bits per heavy atom. The van der Waals surface area contributed by atoms with Crippen LogP contribution in [0.2, 0.25) is 0 Å². The standard InChI is InChI=1S/C27H22F2N4O4S/c1-30-8-6-14-2-3-16-23(15-4-5-18(28)21(29)17(15)13-38-26(16)22(14)30)33-20-12-37-11-10-31(20)27(36)24-25(35)19(34)7-9-32(24)33/h2-9,20,23,35H,10-13H2,1H3/t20-,23+/m1/s1. The number of hydrogen-bond acceptors (Lipinski definition) is 6. The highest BCUT2D eigenvalue weighted by Crippen LogP contribution is 2.47. The number of thioether (sulfide) groups is 1. The molecule has 3 aliphatic heterocycles. The number of carbonyl (C=O) groups is 1. The van der Waals surface area contributed by atoms with Crippen LogP contribution in [-0.2, 0) is 17.5 Å². The van der Waals surface area contributed by atoms with Gasteiger partial charge in [0.1, 0.15) is 6.17 Å². The lowest BCUT2D eigenvalue weighted by Crippen LogP contribution is -2.66. The number of amides is 1. The maximum absolute atomic E-state index is 15.4. The van der Waals surface area contributed by atoms with Crippen LogP contribution in [-0.4, -0.2) is 51.1 Å². The van der Waals surface area contributed by atoms with E-state index in [-0.39, 0.29) is 30.2 Å². The number of morpholine rings is 1. The van der Waals surface area contributed by atoms with Crippen molar-refractivity contribution in [3.8, 4) is 5.75 Å². The highest BCUT2D eigenvalue weighted by Gasteiger charge is 2.46. The molecule has 1 N–H and O–H groups in total. The van der Waals surface area contributed by atoms with E-state index in [0.717, 1.165) is 27.4 Å². The average molecular weight is 537 g/mol. The average Bonchev–Trinajstić information content (AvgIpc) is 3.21. The van der Waals surface area contributed by atoms with E-state index in [1.807, 2.05) is 41.0 Å². The molecule has 194 valence electrons. The number of aromatic hydroxyl groups is 1. The lowest BCUT2D eigenvalue weighted by molar-refractivity contribution is -0.0197. The molecule has 2 aromatic heterocycles. The summed E-state index contributed by atoms with van der Waals surface area (Å²) < 4.78 is 39.1. The molecular weight excluding hydrogens is 514 g/mol. The second-order valence-corrected chi connectivity index (χ2v) is 10.6. The number of carbonyl (C=O) groups excluding carboxylic acids is 1. The molecule has 8 nitrogen and oxygen atoms in total. The molecular formula is C27H22F2N4O4S. The number of halogens is 2. The predicted octanol–water partition coefficient (Wildman–Crippen LogP) is 3.47. The first kappa shape index (κ1) is 23.3. The van der Waals surface area contributed by atoms with E-state index >= 15 is 4.39 Å². The minimum absolute atomic E-state index is 0.155. The molecule has 0 radical (unpaired) electrons. The number of aryl methyl sites for hydroxylation is 1. The Bertz CT molecular complexity index is 1720. The largest absolute Gasteiger partial charge is 0.502 e. The second kappa shape index (κ2) is 8.34. The molecule has 1 saturated heterocycles. The van der Waals surface area contributed by atoms with Crippen molar-refractivity contribution in [3.05, 3.63) is 93.0 Å². The third kappa shape index (κ3) is 3.11. The van der Waals surface area contributed by atoms with E-state index in [9.17, 15) is 19.1 Å². The van der Waals surface area contributed by atoms with Crippen LogP contribution >= 0.6 is 11.8 Å². The molecule has 0 saturated carbocycles. The molecule has 0 spiro atoms. The number of fused-ring (bicyclic) bond motifs is 6. The summed E-state index contributed by atoms with van der Waals surface area (Å²) >= 11 is 1.43. The van der Waals surface area contributed by atoms with Gasteiger partial charge in [-0.25, -0.2) is 8.78 Å². The van der Waals surface area contributed by atoms with Gasteiger partial charge in [0.05, 0.1) is 24.8 Å². The first-order valence-corrected chi connectivity index (χ1v) is 13.1. The van der Waals surface area contributed by atoms with Crippen molar-refractivity contribution < 1.29 is 23.4 Å². The van der Waals surface area contributed by atoms with Gasteiger partial charge in [-0.1, -0.05) is 18.2 Å². The van der Waals surface area contributed by atoms with Gasteiger partial charge < -0.3 is 19.3 Å². The fourth-order valence-electron chi connectivity index (χ4n) is 5.87. The SMILES string of the molecule is Cn1ccc2ccc3c(c21)SCc1c(ccc(F)c1F)[C@@H]3N1[C@@H]2COCCN2C(=O)c2c(O)c(=O)ccn21. The van der Waals surface area contributed by atoms with Crippen molar-refractivity contribution >= 4 is 28.6 Å². The van der Waals surface area contributed by atoms with Crippen molar-refractivity contribution in [1.82, 2.24) is 14.1 Å². The van der Waals surface area contributed by atoms with Crippen LogP contribution in [0.15, 0.2) is 58.5 Å². The summed E-state index contributed by atoms with van der Waals surface area (Å²) in [5, 5.41) is 13.6. The summed E-state index contributed by atoms with van der Waals surface area (Å²) in [6, 6.07) is 9.14. The first-order valence-electron chi connectivity index (χ1n) is 12.2. The Hall–Kier alpha value is -3.83. The lowest BCUT2D eigenvalue weighted by atomic mass is 9.92. The fourth-order valence-corrected chi connectivity index (χ4v) is 7.20. The number of hydrogen-bond donors (Lipinski definition) is 1. The number of pyridine rings is 1. The lowest BCUT2D eigenvalue weighted by Gasteiger charge is -2.51. The van der Waals surface area contributed by atoms with E-state index in [1.54, 1.807) is 11.0 Å². The highest BCUT2D eigenvalue weighted by atomic mass is 32.2. The Balaban J connectivity index is 1.58. The number of benzene rings is 2. The minimum Gasteiger partial charge on any atom is -0.502 e. The van der Waals surface area contributed by atoms with E-state index in [0.29, 0.717) is 12.2 Å². The van der Waals surface area contributed by atoms with Crippen LogP contribution in [0.4, 0.5) is 8.78 Å². The van der Waals surface area contributed by atoms with Gasteiger partial charge in [-0.05, 0) is 23.3 Å². The molecule has 2 aromatic carbocycles. The normalized spacial score (nSPS) is 20.6. The van der Waals surface area contributed by atoms with Gasteiger partial charge in [-0.15, -0.1) is 11.8 Å². The second-order valence-electron chi connectivity index (χ2n) is 9.62. The Labute approximate surface area is 219 Å². The Morgan fingerprint density at radius 3 is 2.71 bits per heavy atom. The summed E-state index contributed by atoms with van der Waals surface area (Å²) in [6.07, 6.45) is 2.77. The van der Waals surface area contributed by atoms with Crippen molar-refractivity contribution in [3.63, 3.8) is 0 Å².